The van der Waals surface area contributed by atoms with E-state index in [1.807, 2.05) is 26.0 Å². The molecular weight excluding hydrogens is 615 g/mol. The van der Waals surface area contributed by atoms with Gasteiger partial charge in [0.05, 0.1) is 31.4 Å². The van der Waals surface area contributed by atoms with Crippen molar-refractivity contribution in [2.24, 2.45) is 5.41 Å². The number of anilines is 3. The number of nitrogens with zero attached hydrogens (tertiary/aromatic N) is 7. The van der Waals surface area contributed by atoms with Crippen molar-refractivity contribution in [3.63, 3.8) is 0 Å². The van der Waals surface area contributed by atoms with E-state index in [-0.39, 0.29) is 24.4 Å². The predicted octanol–water partition coefficient (Wildman–Crippen LogP) is 5.04. The Morgan fingerprint density at radius 3 is 2.44 bits per heavy atom. The minimum Gasteiger partial charge on any atom is -0.485 e. The molecule has 2 unspecified atom stereocenters. The lowest BCUT2D eigenvalue weighted by molar-refractivity contribution is -0.0683. The molecule has 2 atom stereocenters. The Labute approximate surface area is 280 Å². The largest absolute Gasteiger partial charge is 0.485 e. The molecule has 0 saturated carbocycles. The number of aromatic nitrogens is 3. The van der Waals surface area contributed by atoms with Gasteiger partial charge in [-0.25, -0.2) is 19.2 Å². The van der Waals surface area contributed by atoms with Crippen molar-refractivity contribution in [3.8, 4) is 23.2 Å². The van der Waals surface area contributed by atoms with Gasteiger partial charge in [0, 0.05) is 55.1 Å². The van der Waals surface area contributed by atoms with E-state index in [1.54, 1.807) is 39.0 Å². The van der Waals surface area contributed by atoms with Gasteiger partial charge in [-0.05, 0) is 63.2 Å². The summed E-state index contributed by atoms with van der Waals surface area (Å²) in [7, 11) is 0. The van der Waals surface area contributed by atoms with Crippen molar-refractivity contribution in [2.45, 2.75) is 58.5 Å². The fourth-order valence-electron chi connectivity index (χ4n) is 6.30. The first-order valence-corrected chi connectivity index (χ1v) is 16.3. The summed E-state index contributed by atoms with van der Waals surface area (Å²) in [6, 6.07) is 15.9. The van der Waals surface area contributed by atoms with Gasteiger partial charge in [0.1, 0.15) is 29.9 Å². The number of benzene rings is 2. The lowest BCUT2D eigenvalue weighted by Gasteiger charge is -2.45. The average Bonchev–Trinajstić information content (AvgIpc) is 3.02. The molecule has 1 aromatic heterocycles. The number of piperazine rings is 1. The predicted molar refractivity (Wildman–Crippen MR) is 179 cm³/mol. The molecule has 13 heteroatoms. The number of rotatable bonds is 7. The number of hydrogen-bond acceptors (Lipinski definition) is 11. The first kappa shape index (κ1) is 33.4. The molecule has 6 rings (SSSR count). The molecule has 3 aromatic rings. The average molecular weight is 659 g/mol. The van der Waals surface area contributed by atoms with Crippen LogP contribution in [0.25, 0.3) is 11.4 Å². The zero-order valence-corrected chi connectivity index (χ0v) is 28.1. The second-order valence-electron chi connectivity index (χ2n) is 14.2. The highest BCUT2D eigenvalue weighted by atomic mass is 19.1. The number of likely N-dealkylation sites (tertiary alicyclic amines) is 1. The number of ether oxygens (including phenoxy) is 3. The number of hydrogen-bond donors (Lipinski definition) is 1. The molecule has 1 amide bonds. The van der Waals surface area contributed by atoms with Crippen LogP contribution in [0.2, 0.25) is 0 Å². The first-order valence-electron chi connectivity index (χ1n) is 16.3. The molecule has 48 heavy (non-hydrogen) atoms. The van der Waals surface area contributed by atoms with E-state index in [2.05, 4.69) is 48.3 Å². The van der Waals surface area contributed by atoms with E-state index in [0.29, 0.717) is 23.4 Å². The third-order valence-electron chi connectivity index (χ3n) is 8.87. The third-order valence-corrected chi connectivity index (χ3v) is 8.87. The van der Waals surface area contributed by atoms with Gasteiger partial charge in [0.15, 0.2) is 12.0 Å². The second-order valence-corrected chi connectivity index (χ2v) is 14.2. The van der Waals surface area contributed by atoms with Crippen LogP contribution in [-0.2, 0) is 9.47 Å². The fraction of sp³-hybridized carbons (Fsp3) is 0.514. The normalized spacial score (nSPS) is 21.6. The number of piperidine rings is 1. The minimum atomic E-state index is -1.49. The number of carbonyl (C=O) groups excluding carboxylic acids is 1. The van der Waals surface area contributed by atoms with Gasteiger partial charge in [0.2, 0.25) is 5.95 Å². The monoisotopic (exact) mass is 658 g/mol. The summed E-state index contributed by atoms with van der Waals surface area (Å²) in [4.78, 5) is 32.1. The van der Waals surface area contributed by atoms with Crippen LogP contribution in [0.15, 0.2) is 48.8 Å². The van der Waals surface area contributed by atoms with Crippen molar-refractivity contribution in [2.75, 3.05) is 62.7 Å². The summed E-state index contributed by atoms with van der Waals surface area (Å²) in [5, 5.41) is 13.2. The van der Waals surface area contributed by atoms with Crippen molar-refractivity contribution < 1.29 is 23.4 Å². The van der Waals surface area contributed by atoms with Gasteiger partial charge in [-0.3, -0.25) is 4.90 Å². The zero-order chi connectivity index (χ0) is 34.1. The van der Waals surface area contributed by atoms with Crippen LogP contribution in [0, 0.1) is 16.7 Å². The molecule has 3 aliphatic rings. The highest BCUT2D eigenvalue weighted by Crippen LogP contribution is 2.37. The number of alkyl halides is 1. The lowest BCUT2D eigenvalue weighted by Crippen LogP contribution is -2.59. The van der Waals surface area contributed by atoms with Gasteiger partial charge < -0.3 is 29.3 Å². The lowest BCUT2D eigenvalue weighted by atomic mass is 9.80. The van der Waals surface area contributed by atoms with E-state index in [0.717, 1.165) is 45.1 Å². The van der Waals surface area contributed by atoms with Crippen molar-refractivity contribution >= 4 is 23.4 Å². The minimum absolute atomic E-state index is 0.167. The zero-order valence-electron chi connectivity index (χ0n) is 28.1. The Hall–Kier alpha value is -4.54. The number of amides is 1. The Balaban J connectivity index is 1.09. The number of nitriles is 1. The Bertz CT molecular complexity index is 1650. The van der Waals surface area contributed by atoms with Gasteiger partial charge >= 0.3 is 6.09 Å². The topological polar surface area (TPSA) is 129 Å². The SMILES string of the molecule is CC(C)(C)OC(=O)N1CC(F)C(Oc2ccc(-c3ncnc(Nc4ccc(N5CCN(C6COC6)CC5)cc4)n3)cc2C#N)C(C)(C)C1. The van der Waals surface area contributed by atoms with Crippen molar-refractivity contribution in [1.29, 1.82) is 5.26 Å². The Morgan fingerprint density at radius 2 is 1.81 bits per heavy atom. The molecule has 4 heterocycles. The second kappa shape index (κ2) is 13.5. The van der Waals surface area contributed by atoms with Crippen molar-refractivity contribution in [3.05, 3.63) is 54.4 Å². The number of carbonyl (C=O) groups is 1. The molecular formula is C35H43FN8O4. The molecule has 3 fully saturated rings. The maximum Gasteiger partial charge on any atom is 0.410 e. The van der Waals surface area contributed by atoms with Crippen LogP contribution in [0.1, 0.15) is 40.2 Å². The summed E-state index contributed by atoms with van der Waals surface area (Å²) in [5.74, 6) is 0.983. The summed E-state index contributed by atoms with van der Waals surface area (Å²) >= 11 is 0. The van der Waals surface area contributed by atoms with Crippen LogP contribution in [0.4, 0.5) is 26.5 Å². The molecule has 3 aliphatic heterocycles. The summed E-state index contributed by atoms with van der Waals surface area (Å²) < 4.78 is 32.5. The van der Waals surface area contributed by atoms with Gasteiger partial charge in [-0.2, -0.15) is 10.2 Å². The number of halogens is 1. The number of nitrogens with one attached hydrogen (secondary N) is 1. The van der Waals surface area contributed by atoms with E-state index in [1.165, 1.54) is 16.9 Å². The van der Waals surface area contributed by atoms with Crippen LogP contribution < -0.4 is 15.0 Å². The molecule has 12 nitrogen and oxygen atoms in total. The molecule has 1 N–H and O–H groups in total. The summed E-state index contributed by atoms with van der Waals surface area (Å²) in [5.41, 5.74) is 1.37. The first-order chi connectivity index (χ1) is 22.9. The van der Waals surface area contributed by atoms with Gasteiger partial charge in [0.25, 0.3) is 0 Å². The van der Waals surface area contributed by atoms with Crippen molar-refractivity contribution in [1.82, 2.24) is 24.8 Å². The third kappa shape index (κ3) is 7.61. The van der Waals surface area contributed by atoms with Crippen LogP contribution in [0.3, 0.4) is 0 Å². The molecule has 254 valence electrons. The smallest absolute Gasteiger partial charge is 0.410 e. The van der Waals surface area contributed by atoms with Gasteiger partial charge in [-0.1, -0.05) is 13.8 Å². The van der Waals surface area contributed by atoms with E-state index >= 15 is 4.39 Å². The van der Waals surface area contributed by atoms with Crippen LogP contribution in [-0.4, -0.2) is 107 Å². The fourth-order valence-corrected chi connectivity index (χ4v) is 6.30. The Kier molecular flexibility index (Phi) is 9.40. The standard InChI is InChI=1S/C35H43FN8O4/c1-34(2,3)48-33(45)44-18-28(36)30(35(4,5)21-44)47-29-11-6-23(16-24(29)17-37)31-38-22-39-32(41-31)40-25-7-9-26(10-8-25)42-12-14-43(15-13-42)27-19-46-20-27/h6-11,16,22,27-28,30H,12-15,18-21H2,1-5H3,(H,38,39,40,41). The molecule has 0 spiro atoms. The quantitative estimate of drug-likeness (QED) is 0.367. The van der Waals surface area contributed by atoms with E-state index in [9.17, 15) is 10.1 Å². The molecule has 0 aliphatic carbocycles. The Morgan fingerprint density at radius 1 is 1.08 bits per heavy atom. The molecule has 2 aromatic carbocycles. The van der Waals surface area contributed by atoms with E-state index < -0.39 is 29.4 Å². The van der Waals surface area contributed by atoms with Gasteiger partial charge in [-0.15, -0.1) is 0 Å². The van der Waals surface area contributed by atoms with E-state index in [4.69, 9.17) is 14.2 Å². The highest BCUT2D eigenvalue weighted by molar-refractivity contribution is 5.68. The summed E-state index contributed by atoms with van der Waals surface area (Å²) in [6.07, 6.45) is -1.53. The molecule has 3 saturated heterocycles. The van der Waals surface area contributed by atoms with Crippen LogP contribution >= 0.6 is 0 Å². The molecule has 0 bridgehead atoms. The van der Waals surface area contributed by atoms with Crippen LogP contribution in [0.5, 0.6) is 5.75 Å². The molecule has 0 radical (unpaired) electrons. The maximum atomic E-state index is 15.5. The maximum absolute atomic E-state index is 15.5. The summed E-state index contributed by atoms with van der Waals surface area (Å²) in [6.45, 7) is 14.8. The highest BCUT2D eigenvalue weighted by Gasteiger charge is 2.47.